The molecule has 1 fully saturated rings. The van der Waals surface area contributed by atoms with E-state index in [0.717, 1.165) is 29.7 Å². The Balaban J connectivity index is 2.14. The number of rotatable bonds is 2. The van der Waals surface area contributed by atoms with Crippen molar-refractivity contribution in [2.45, 2.75) is 32.2 Å². The number of hydrogen-bond donors (Lipinski definition) is 1. The molecule has 2 rings (SSSR count). The molecule has 1 unspecified atom stereocenters. The van der Waals surface area contributed by atoms with Gasteiger partial charge in [-0.25, -0.2) is 0 Å². The lowest BCUT2D eigenvalue weighted by molar-refractivity contribution is 0.345. The van der Waals surface area contributed by atoms with E-state index in [9.17, 15) is 0 Å². The number of nitrogens with one attached hydrogen (secondary N) is 1. The molecule has 1 aliphatic rings. The second kappa shape index (κ2) is 4.45. The van der Waals surface area contributed by atoms with Crippen LogP contribution in [0.3, 0.4) is 0 Å². The van der Waals surface area contributed by atoms with Crippen LogP contribution in [0.5, 0.6) is 0 Å². The SMILES string of the molecule is CCc1nn(C2CCCNC2)cc1Br. The summed E-state index contributed by atoms with van der Waals surface area (Å²) in [5.74, 6) is 0. The Morgan fingerprint density at radius 3 is 3.14 bits per heavy atom. The molecule has 0 saturated carbocycles. The highest BCUT2D eigenvalue weighted by atomic mass is 79.9. The van der Waals surface area contributed by atoms with Gasteiger partial charge in [-0.05, 0) is 41.7 Å². The minimum atomic E-state index is 0.542. The largest absolute Gasteiger partial charge is 0.315 e. The van der Waals surface area contributed by atoms with E-state index < -0.39 is 0 Å². The van der Waals surface area contributed by atoms with E-state index in [1.54, 1.807) is 0 Å². The summed E-state index contributed by atoms with van der Waals surface area (Å²) >= 11 is 3.54. The summed E-state index contributed by atoms with van der Waals surface area (Å²) in [6.07, 6.45) is 5.60. The van der Waals surface area contributed by atoms with Crippen molar-refractivity contribution in [2.24, 2.45) is 0 Å². The van der Waals surface area contributed by atoms with Crippen LogP contribution in [0, 0.1) is 0 Å². The molecule has 4 heteroatoms. The molecule has 0 bridgehead atoms. The van der Waals surface area contributed by atoms with E-state index >= 15 is 0 Å². The van der Waals surface area contributed by atoms with Gasteiger partial charge in [0.05, 0.1) is 16.2 Å². The number of hydrogen-bond acceptors (Lipinski definition) is 2. The van der Waals surface area contributed by atoms with Gasteiger partial charge in [0.15, 0.2) is 0 Å². The molecule has 0 aliphatic carbocycles. The Kier molecular flexibility index (Phi) is 3.23. The lowest BCUT2D eigenvalue weighted by atomic mass is 10.1. The lowest BCUT2D eigenvalue weighted by Gasteiger charge is -2.22. The molecule has 78 valence electrons. The van der Waals surface area contributed by atoms with E-state index in [0.29, 0.717) is 6.04 Å². The fourth-order valence-corrected chi connectivity index (χ4v) is 2.46. The fourth-order valence-electron chi connectivity index (χ4n) is 1.89. The Bertz CT molecular complexity index is 302. The predicted octanol–water partition coefficient (Wildman–Crippen LogP) is 2.13. The van der Waals surface area contributed by atoms with Crippen LogP contribution in [-0.2, 0) is 6.42 Å². The molecule has 0 amide bonds. The van der Waals surface area contributed by atoms with Crippen LogP contribution in [0.4, 0.5) is 0 Å². The van der Waals surface area contributed by atoms with Crippen molar-refractivity contribution >= 4 is 15.9 Å². The van der Waals surface area contributed by atoms with Gasteiger partial charge in [-0.3, -0.25) is 4.68 Å². The summed E-state index contributed by atoms with van der Waals surface area (Å²) in [6, 6.07) is 0.542. The predicted molar refractivity (Wildman–Crippen MR) is 60.4 cm³/mol. The summed E-state index contributed by atoms with van der Waals surface area (Å²) in [7, 11) is 0. The Hall–Kier alpha value is -0.350. The molecule has 14 heavy (non-hydrogen) atoms. The third kappa shape index (κ3) is 2.01. The smallest absolute Gasteiger partial charge is 0.0764 e. The van der Waals surface area contributed by atoms with E-state index in [-0.39, 0.29) is 0 Å². The van der Waals surface area contributed by atoms with Gasteiger partial charge in [-0.15, -0.1) is 0 Å². The molecule has 2 heterocycles. The molecule has 0 spiro atoms. The summed E-state index contributed by atoms with van der Waals surface area (Å²) in [4.78, 5) is 0. The second-order valence-electron chi connectivity index (χ2n) is 3.76. The maximum atomic E-state index is 4.58. The second-order valence-corrected chi connectivity index (χ2v) is 4.61. The minimum Gasteiger partial charge on any atom is -0.315 e. The average molecular weight is 258 g/mol. The Labute approximate surface area is 93.0 Å². The molecule has 0 radical (unpaired) electrons. The van der Waals surface area contributed by atoms with Gasteiger partial charge < -0.3 is 5.32 Å². The average Bonchev–Trinajstić information content (AvgIpc) is 2.61. The van der Waals surface area contributed by atoms with E-state index in [2.05, 4.69) is 44.1 Å². The van der Waals surface area contributed by atoms with Crippen LogP contribution in [0.2, 0.25) is 0 Å². The third-order valence-electron chi connectivity index (χ3n) is 2.74. The molecule has 1 aliphatic heterocycles. The van der Waals surface area contributed by atoms with Crippen LogP contribution in [-0.4, -0.2) is 22.9 Å². The summed E-state index contributed by atoms with van der Waals surface area (Å²) < 4.78 is 3.25. The number of aryl methyl sites for hydroxylation is 1. The van der Waals surface area contributed by atoms with Gasteiger partial charge in [0.1, 0.15) is 0 Å². The molecule has 0 aromatic carbocycles. The quantitative estimate of drug-likeness (QED) is 0.880. The number of halogens is 1. The minimum absolute atomic E-state index is 0.542. The number of aromatic nitrogens is 2. The third-order valence-corrected chi connectivity index (χ3v) is 3.40. The molecule has 3 nitrogen and oxygen atoms in total. The lowest BCUT2D eigenvalue weighted by Crippen LogP contribution is -2.31. The molecule has 1 aromatic rings. The van der Waals surface area contributed by atoms with Gasteiger partial charge in [-0.1, -0.05) is 6.92 Å². The number of piperidine rings is 1. The van der Waals surface area contributed by atoms with Gasteiger partial charge >= 0.3 is 0 Å². The monoisotopic (exact) mass is 257 g/mol. The van der Waals surface area contributed by atoms with Crippen LogP contribution >= 0.6 is 15.9 Å². The highest BCUT2D eigenvalue weighted by molar-refractivity contribution is 9.10. The van der Waals surface area contributed by atoms with Crippen LogP contribution in [0.15, 0.2) is 10.7 Å². The van der Waals surface area contributed by atoms with E-state index in [1.807, 2.05) is 0 Å². The van der Waals surface area contributed by atoms with Crippen molar-refractivity contribution in [2.75, 3.05) is 13.1 Å². The van der Waals surface area contributed by atoms with Gasteiger partial charge in [0.2, 0.25) is 0 Å². The zero-order valence-corrected chi connectivity index (χ0v) is 10.0. The van der Waals surface area contributed by atoms with Crippen molar-refractivity contribution < 1.29 is 0 Å². The van der Waals surface area contributed by atoms with Crippen LogP contribution < -0.4 is 5.32 Å². The summed E-state index contributed by atoms with van der Waals surface area (Å²) in [5, 5.41) is 7.99. The Morgan fingerprint density at radius 2 is 2.57 bits per heavy atom. The fraction of sp³-hybridized carbons (Fsp3) is 0.700. The summed E-state index contributed by atoms with van der Waals surface area (Å²) in [5.41, 5.74) is 1.16. The van der Waals surface area contributed by atoms with Crippen molar-refractivity contribution in [1.29, 1.82) is 0 Å². The maximum Gasteiger partial charge on any atom is 0.0764 e. The maximum absolute atomic E-state index is 4.58. The molecular formula is C10H16BrN3. The van der Waals surface area contributed by atoms with Gasteiger partial charge in [0, 0.05) is 12.7 Å². The zero-order chi connectivity index (χ0) is 9.97. The molecule has 1 N–H and O–H groups in total. The highest BCUT2D eigenvalue weighted by Gasteiger charge is 2.16. The standard InChI is InChI=1S/C10H16BrN3/c1-2-10-9(11)7-14(13-10)8-4-3-5-12-6-8/h7-8,12H,2-6H2,1H3. The molecule has 1 saturated heterocycles. The van der Waals surface area contributed by atoms with Crippen molar-refractivity contribution in [3.63, 3.8) is 0 Å². The molecular weight excluding hydrogens is 242 g/mol. The topological polar surface area (TPSA) is 29.9 Å². The van der Waals surface area contributed by atoms with Crippen LogP contribution in [0.1, 0.15) is 31.5 Å². The van der Waals surface area contributed by atoms with E-state index in [1.165, 1.54) is 12.8 Å². The first-order chi connectivity index (χ1) is 6.81. The first kappa shape index (κ1) is 10.2. The first-order valence-corrected chi connectivity index (χ1v) is 6.04. The van der Waals surface area contributed by atoms with E-state index in [4.69, 9.17) is 0 Å². The zero-order valence-electron chi connectivity index (χ0n) is 8.46. The van der Waals surface area contributed by atoms with Crippen molar-refractivity contribution in [3.05, 3.63) is 16.4 Å². The van der Waals surface area contributed by atoms with Gasteiger partial charge in [0.25, 0.3) is 0 Å². The normalized spacial score (nSPS) is 22.6. The molecule has 1 aromatic heterocycles. The van der Waals surface area contributed by atoms with Crippen molar-refractivity contribution in [3.8, 4) is 0 Å². The van der Waals surface area contributed by atoms with Crippen LogP contribution in [0.25, 0.3) is 0 Å². The molecule has 1 atom stereocenters. The summed E-state index contributed by atoms with van der Waals surface area (Å²) in [6.45, 7) is 4.34. The highest BCUT2D eigenvalue weighted by Crippen LogP contribution is 2.21. The van der Waals surface area contributed by atoms with Gasteiger partial charge in [-0.2, -0.15) is 5.10 Å². The Morgan fingerprint density at radius 1 is 1.71 bits per heavy atom. The first-order valence-electron chi connectivity index (χ1n) is 5.25. The van der Waals surface area contributed by atoms with Crippen molar-refractivity contribution in [1.82, 2.24) is 15.1 Å². The number of nitrogens with zero attached hydrogens (tertiary/aromatic N) is 2.